The summed E-state index contributed by atoms with van der Waals surface area (Å²) in [6.07, 6.45) is 5.15. The molecule has 1 aliphatic carbocycles. The Bertz CT molecular complexity index is 847. The van der Waals surface area contributed by atoms with Gasteiger partial charge in [0, 0.05) is 17.4 Å². The van der Waals surface area contributed by atoms with Crippen LogP contribution in [0.1, 0.15) is 37.7 Å². The van der Waals surface area contributed by atoms with Gasteiger partial charge in [-0.3, -0.25) is 4.79 Å². The highest BCUT2D eigenvalue weighted by molar-refractivity contribution is 7.14. The third-order valence-corrected chi connectivity index (χ3v) is 5.82. The summed E-state index contributed by atoms with van der Waals surface area (Å²) in [5.74, 6) is 0.735. The molecule has 1 aromatic heterocycles. The first-order chi connectivity index (χ1) is 12.2. The lowest BCUT2D eigenvalue weighted by molar-refractivity contribution is -0.124. The van der Waals surface area contributed by atoms with Gasteiger partial charge in [-0.15, -0.1) is 11.3 Å². The van der Waals surface area contributed by atoms with Gasteiger partial charge in [0.2, 0.25) is 5.91 Å². The zero-order valence-corrected chi connectivity index (χ0v) is 14.7. The maximum Gasteiger partial charge on any atom is 0.246 e. The number of carbonyl (C=O) groups is 1. The summed E-state index contributed by atoms with van der Waals surface area (Å²) < 4.78 is 5.53. The number of carbonyl (C=O) groups excluding carboxylic acids is 1. The Labute approximate surface area is 150 Å². The molecule has 1 saturated carbocycles. The van der Waals surface area contributed by atoms with E-state index in [1.54, 1.807) is 0 Å². The molecule has 0 saturated heterocycles. The van der Waals surface area contributed by atoms with Crippen LogP contribution in [0.4, 0.5) is 5.13 Å². The largest absolute Gasteiger partial charge is 0.493 e. The Morgan fingerprint density at radius 3 is 2.96 bits per heavy atom. The molecule has 1 aliphatic heterocycles. The van der Waals surface area contributed by atoms with Crippen LogP contribution in [0.25, 0.3) is 11.3 Å². The summed E-state index contributed by atoms with van der Waals surface area (Å²) in [7, 11) is 0. The number of amides is 1. The van der Waals surface area contributed by atoms with Crippen molar-refractivity contribution in [3.8, 4) is 23.1 Å². The molecule has 6 heteroatoms. The van der Waals surface area contributed by atoms with Crippen molar-refractivity contribution in [2.45, 2.75) is 38.5 Å². The second-order valence-corrected chi connectivity index (χ2v) is 7.53. The monoisotopic (exact) mass is 353 g/mol. The fourth-order valence-electron chi connectivity index (χ4n) is 3.57. The van der Waals surface area contributed by atoms with Gasteiger partial charge >= 0.3 is 0 Å². The Balaban J connectivity index is 1.52. The molecule has 2 aromatic rings. The molecule has 0 radical (unpaired) electrons. The molecular weight excluding hydrogens is 334 g/mol. The van der Waals surface area contributed by atoms with Crippen LogP contribution in [-0.2, 0) is 11.2 Å². The van der Waals surface area contributed by atoms with Gasteiger partial charge in [-0.25, -0.2) is 4.98 Å². The molecule has 1 aromatic carbocycles. The highest BCUT2D eigenvalue weighted by atomic mass is 32.1. The van der Waals surface area contributed by atoms with Crippen molar-refractivity contribution >= 4 is 22.4 Å². The molecule has 0 spiro atoms. The first-order valence-corrected chi connectivity index (χ1v) is 9.52. The van der Waals surface area contributed by atoms with E-state index in [0.29, 0.717) is 18.0 Å². The minimum atomic E-state index is -0.894. The van der Waals surface area contributed by atoms with Crippen molar-refractivity contribution in [2.75, 3.05) is 11.9 Å². The van der Waals surface area contributed by atoms with Gasteiger partial charge in [0.1, 0.15) is 11.2 Å². The number of nitrogens with zero attached hydrogens (tertiary/aromatic N) is 2. The molecule has 1 N–H and O–H groups in total. The van der Waals surface area contributed by atoms with Crippen LogP contribution in [0.3, 0.4) is 0 Å². The molecular formula is C19H19N3O2S. The number of nitrogens with one attached hydrogen (secondary N) is 1. The van der Waals surface area contributed by atoms with Gasteiger partial charge in [0.15, 0.2) is 5.13 Å². The van der Waals surface area contributed by atoms with Gasteiger partial charge in [0.05, 0.1) is 18.4 Å². The number of benzene rings is 1. The molecule has 0 bridgehead atoms. The second kappa shape index (κ2) is 6.49. The van der Waals surface area contributed by atoms with Crippen LogP contribution < -0.4 is 10.1 Å². The maximum absolute atomic E-state index is 12.6. The van der Waals surface area contributed by atoms with Gasteiger partial charge in [-0.05, 0) is 36.6 Å². The number of hydrogen-bond acceptors (Lipinski definition) is 5. The van der Waals surface area contributed by atoms with Crippen LogP contribution in [-0.4, -0.2) is 17.5 Å². The van der Waals surface area contributed by atoms with E-state index in [9.17, 15) is 10.1 Å². The number of anilines is 1. The molecule has 1 amide bonds. The maximum atomic E-state index is 12.6. The summed E-state index contributed by atoms with van der Waals surface area (Å²) in [6.45, 7) is 0.730. The molecule has 1 fully saturated rings. The fourth-order valence-corrected chi connectivity index (χ4v) is 4.29. The van der Waals surface area contributed by atoms with Gasteiger partial charge < -0.3 is 10.1 Å². The number of hydrogen-bond donors (Lipinski definition) is 1. The SMILES string of the molecule is N#CC1(C(=O)Nc2nc(-c3ccc4c(c3)CCO4)cs2)CCCCC1. The smallest absolute Gasteiger partial charge is 0.246 e. The van der Waals surface area contributed by atoms with E-state index in [-0.39, 0.29) is 5.91 Å². The van der Waals surface area contributed by atoms with E-state index < -0.39 is 5.41 Å². The van der Waals surface area contributed by atoms with E-state index in [4.69, 9.17) is 4.74 Å². The molecule has 128 valence electrons. The van der Waals surface area contributed by atoms with Crippen molar-refractivity contribution in [1.82, 2.24) is 4.98 Å². The fraction of sp³-hybridized carbons (Fsp3) is 0.421. The topological polar surface area (TPSA) is 75.0 Å². The normalized spacial score (nSPS) is 18.0. The third kappa shape index (κ3) is 3.00. The Hall–Kier alpha value is -2.39. The Morgan fingerprint density at radius 2 is 2.16 bits per heavy atom. The number of fused-ring (bicyclic) bond motifs is 1. The van der Waals surface area contributed by atoms with E-state index >= 15 is 0 Å². The first kappa shape index (κ1) is 16.1. The molecule has 2 aliphatic rings. The minimum Gasteiger partial charge on any atom is -0.493 e. The molecule has 2 heterocycles. The van der Waals surface area contributed by atoms with Crippen molar-refractivity contribution in [3.63, 3.8) is 0 Å². The zero-order chi connectivity index (χ0) is 17.3. The lowest BCUT2D eigenvalue weighted by Crippen LogP contribution is -2.36. The zero-order valence-electron chi connectivity index (χ0n) is 13.9. The standard InChI is InChI=1S/C19H19N3O2S/c20-12-19(7-2-1-3-8-19)17(23)22-18-21-15(11-25-18)13-4-5-16-14(10-13)6-9-24-16/h4-5,10-11H,1-3,6-9H2,(H,21,22,23). The van der Waals surface area contributed by atoms with E-state index in [1.165, 1.54) is 16.9 Å². The van der Waals surface area contributed by atoms with E-state index in [0.717, 1.165) is 49.3 Å². The van der Waals surface area contributed by atoms with Crippen LogP contribution in [0.15, 0.2) is 23.6 Å². The molecule has 25 heavy (non-hydrogen) atoms. The average Bonchev–Trinajstić information content (AvgIpc) is 3.30. The van der Waals surface area contributed by atoms with Crippen molar-refractivity contribution in [1.29, 1.82) is 5.26 Å². The van der Waals surface area contributed by atoms with E-state index in [1.807, 2.05) is 17.5 Å². The number of ether oxygens (including phenoxy) is 1. The summed E-state index contributed by atoms with van der Waals surface area (Å²) in [5, 5.41) is 14.9. The lowest BCUT2D eigenvalue weighted by atomic mass is 9.74. The van der Waals surface area contributed by atoms with Crippen LogP contribution in [0.2, 0.25) is 0 Å². The lowest BCUT2D eigenvalue weighted by Gasteiger charge is -2.28. The third-order valence-electron chi connectivity index (χ3n) is 5.07. The van der Waals surface area contributed by atoms with Crippen LogP contribution in [0, 0.1) is 16.7 Å². The van der Waals surface area contributed by atoms with Crippen molar-refractivity contribution in [3.05, 3.63) is 29.1 Å². The number of aromatic nitrogens is 1. The Morgan fingerprint density at radius 1 is 1.32 bits per heavy atom. The number of rotatable bonds is 3. The second-order valence-electron chi connectivity index (χ2n) is 6.67. The quantitative estimate of drug-likeness (QED) is 0.899. The van der Waals surface area contributed by atoms with Crippen molar-refractivity contribution in [2.24, 2.45) is 5.41 Å². The van der Waals surface area contributed by atoms with Gasteiger partial charge in [0.25, 0.3) is 0 Å². The molecule has 5 nitrogen and oxygen atoms in total. The average molecular weight is 353 g/mol. The molecule has 4 rings (SSSR count). The predicted octanol–water partition coefficient (Wildman–Crippen LogP) is 4.16. The van der Waals surface area contributed by atoms with Crippen molar-refractivity contribution < 1.29 is 9.53 Å². The molecule has 0 atom stereocenters. The summed E-state index contributed by atoms with van der Waals surface area (Å²) in [4.78, 5) is 17.2. The first-order valence-electron chi connectivity index (χ1n) is 8.64. The number of thiazole rings is 1. The predicted molar refractivity (Wildman–Crippen MR) is 96.5 cm³/mol. The van der Waals surface area contributed by atoms with Gasteiger partial charge in [-0.2, -0.15) is 5.26 Å². The highest BCUT2D eigenvalue weighted by Gasteiger charge is 2.40. The Kier molecular flexibility index (Phi) is 4.18. The summed E-state index contributed by atoms with van der Waals surface area (Å²) >= 11 is 1.40. The van der Waals surface area contributed by atoms with Gasteiger partial charge in [-0.1, -0.05) is 19.3 Å². The summed E-state index contributed by atoms with van der Waals surface area (Å²) in [5.41, 5.74) is 2.16. The highest BCUT2D eigenvalue weighted by Crippen LogP contribution is 2.37. The van der Waals surface area contributed by atoms with E-state index in [2.05, 4.69) is 22.4 Å². The number of nitriles is 1. The minimum absolute atomic E-state index is 0.210. The molecule has 0 unspecified atom stereocenters. The summed E-state index contributed by atoms with van der Waals surface area (Å²) in [6, 6.07) is 8.32. The van der Waals surface area contributed by atoms with Crippen LogP contribution in [0.5, 0.6) is 5.75 Å². The van der Waals surface area contributed by atoms with Crippen LogP contribution >= 0.6 is 11.3 Å².